The Morgan fingerprint density at radius 2 is 1.94 bits per heavy atom. The van der Waals surface area contributed by atoms with E-state index < -0.39 is 27.8 Å². The van der Waals surface area contributed by atoms with Gasteiger partial charge < -0.3 is 21.5 Å². The smallest absolute Gasteiger partial charge is 0.340 e. The molecule has 0 aliphatic heterocycles. The fourth-order valence-corrected chi connectivity index (χ4v) is 3.75. The number of rotatable bonds is 9. The van der Waals surface area contributed by atoms with Crippen molar-refractivity contribution in [3.63, 3.8) is 0 Å². The van der Waals surface area contributed by atoms with Gasteiger partial charge in [0.15, 0.2) is 9.84 Å². The highest BCUT2D eigenvalue weighted by Gasteiger charge is 2.25. The van der Waals surface area contributed by atoms with Crippen LogP contribution in [0.5, 0.6) is 0 Å². The van der Waals surface area contributed by atoms with E-state index in [0.717, 1.165) is 6.26 Å². The first-order valence-electron chi connectivity index (χ1n) is 9.66. The van der Waals surface area contributed by atoms with E-state index in [1.54, 1.807) is 0 Å². The van der Waals surface area contributed by atoms with Crippen molar-refractivity contribution in [3.8, 4) is 6.07 Å². The van der Waals surface area contributed by atoms with Crippen molar-refractivity contribution in [1.82, 2.24) is 4.98 Å². The summed E-state index contributed by atoms with van der Waals surface area (Å²) in [5, 5.41) is 25.1. The minimum absolute atomic E-state index is 0.0241. The van der Waals surface area contributed by atoms with Crippen molar-refractivity contribution < 1.29 is 23.1 Å². The molecule has 0 aliphatic rings. The average molecular weight is 460 g/mol. The summed E-state index contributed by atoms with van der Waals surface area (Å²) in [6, 6.07) is 6.84. The van der Waals surface area contributed by atoms with Crippen LogP contribution < -0.4 is 16.4 Å². The summed E-state index contributed by atoms with van der Waals surface area (Å²) in [4.78, 5) is 28.2. The Balaban J connectivity index is 2.64. The van der Waals surface area contributed by atoms with Crippen LogP contribution >= 0.6 is 0 Å². The van der Waals surface area contributed by atoms with Crippen molar-refractivity contribution >= 4 is 39.0 Å². The number of nitrogens with one attached hydrogen (secondary N) is 2. The summed E-state index contributed by atoms with van der Waals surface area (Å²) in [5.74, 6) is -1.93. The SMILES string of the molecule is Cc1c(NC(CC(C)C)C(N)=O)nc(Nc2cccc(S(C)(=O)=O)c2)c(C(=O)O)c1C#N. The molecule has 170 valence electrons. The molecule has 0 aliphatic carbocycles. The second kappa shape index (κ2) is 9.65. The van der Waals surface area contributed by atoms with Gasteiger partial charge in [-0.05, 0) is 37.5 Å². The maximum atomic E-state index is 11.9. The van der Waals surface area contributed by atoms with Gasteiger partial charge in [0.2, 0.25) is 5.91 Å². The topological polar surface area (TPSA) is 175 Å². The van der Waals surface area contributed by atoms with E-state index in [1.165, 1.54) is 31.2 Å². The fourth-order valence-electron chi connectivity index (χ4n) is 3.08. The standard InChI is InChI=1S/C21H25N5O5S/c1-11(2)8-16(18(23)27)25-19-12(3)15(10-22)17(21(28)29)20(26-19)24-13-6-5-7-14(9-13)32(4,30)31/h5-7,9,11,16H,8H2,1-4H3,(H2,23,27)(H,28,29)(H2,24,25,26). The molecule has 1 atom stereocenters. The van der Waals surface area contributed by atoms with Gasteiger partial charge in [-0.25, -0.2) is 18.2 Å². The average Bonchev–Trinajstić information content (AvgIpc) is 2.68. The molecule has 11 heteroatoms. The van der Waals surface area contributed by atoms with Crippen molar-refractivity contribution in [3.05, 3.63) is 41.0 Å². The number of nitrogens with zero attached hydrogens (tertiary/aromatic N) is 2. The number of carboxylic acids is 1. The van der Waals surface area contributed by atoms with Gasteiger partial charge in [-0.15, -0.1) is 0 Å². The van der Waals surface area contributed by atoms with Crippen molar-refractivity contribution in [2.24, 2.45) is 11.7 Å². The Morgan fingerprint density at radius 3 is 2.44 bits per heavy atom. The number of carbonyl (C=O) groups excluding carboxylic acids is 1. The van der Waals surface area contributed by atoms with E-state index in [2.05, 4.69) is 15.6 Å². The number of amides is 1. The van der Waals surface area contributed by atoms with Crippen LogP contribution in [0.2, 0.25) is 0 Å². The maximum Gasteiger partial charge on any atom is 0.340 e. The first kappa shape index (κ1) is 24.6. The third-order valence-corrected chi connectivity index (χ3v) is 5.76. The Hall–Kier alpha value is -3.65. The van der Waals surface area contributed by atoms with Crippen LogP contribution in [-0.4, -0.2) is 42.7 Å². The van der Waals surface area contributed by atoms with E-state index >= 15 is 0 Å². The van der Waals surface area contributed by atoms with Crippen LogP contribution in [-0.2, 0) is 14.6 Å². The molecule has 0 radical (unpaired) electrons. The molecular formula is C21H25N5O5S. The predicted octanol–water partition coefficient (Wildman–Crippen LogP) is 2.42. The van der Waals surface area contributed by atoms with Gasteiger partial charge in [-0.2, -0.15) is 5.26 Å². The largest absolute Gasteiger partial charge is 0.478 e. The summed E-state index contributed by atoms with van der Waals surface area (Å²) in [5.41, 5.74) is 5.47. The number of primary amides is 1. The molecule has 0 spiro atoms. The van der Waals surface area contributed by atoms with E-state index in [-0.39, 0.29) is 44.8 Å². The Labute approximate surface area is 186 Å². The lowest BCUT2D eigenvalue weighted by atomic mass is 10.0. The Morgan fingerprint density at radius 1 is 1.28 bits per heavy atom. The Kier molecular flexibility index (Phi) is 7.43. The lowest BCUT2D eigenvalue weighted by molar-refractivity contribution is -0.119. The first-order valence-corrected chi connectivity index (χ1v) is 11.5. The van der Waals surface area contributed by atoms with Crippen molar-refractivity contribution in [2.45, 2.75) is 38.1 Å². The van der Waals surface area contributed by atoms with Crippen LogP contribution in [0.25, 0.3) is 0 Å². The molecule has 32 heavy (non-hydrogen) atoms. The summed E-state index contributed by atoms with van der Waals surface area (Å²) in [6.07, 6.45) is 1.45. The lowest BCUT2D eigenvalue weighted by Gasteiger charge is -2.21. The number of carbonyl (C=O) groups is 2. The van der Waals surface area contributed by atoms with Crippen LogP contribution in [0.1, 0.15) is 41.8 Å². The minimum atomic E-state index is -3.50. The zero-order chi connectivity index (χ0) is 24.2. The molecule has 1 heterocycles. The van der Waals surface area contributed by atoms with E-state index in [4.69, 9.17) is 5.73 Å². The number of aromatic carboxylic acids is 1. The number of carboxylic acid groups (broad SMARTS) is 1. The van der Waals surface area contributed by atoms with Gasteiger partial charge in [-0.3, -0.25) is 4.79 Å². The van der Waals surface area contributed by atoms with E-state index in [1.807, 2.05) is 19.9 Å². The molecule has 1 aromatic carbocycles. The molecule has 0 bridgehead atoms. The van der Waals surface area contributed by atoms with Gasteiger partial charge in [0.25, 0.3) is 0 Å². The van der Waals surface area contributed by atoms with Gasteiger partial charge in [0.05, 0.1) is 10.5 Å². The van der Waals surface area contributed by atoms with E-state index in [9.17, 15) is 28.4 Å². The molecule has 10 nitrogen and oxygen atoms in total. The maximum absolute atomic E-state index is 11.9. The molecule has 1 unspecified atom stereocenters. The van der Waals surface area contributed by atoms with Gasteiger partial charge in [0.1, 0.15) is 29.3 Å². The van der Waals surface area contributed by atoms with E-state index in [0.29, 0.717) is 6.42 Å². The molecule has 2 aromatic rings. The normalized spacial score (nSPS) is 12.1. The molecule has 0 saturated carbocycles. The van der Waals surface area contributed by atoms with Crippen LogP contribution in [0.4, 0.5) is 17.3 Å². The van der Waals surface area contributed by atoms with Gasteiger partial charge in [0, 0.05) is 17.5 Å². The molecule has 0 fully saturated rings. The van der Waals surface area contributed by atoms with Crippen molar-refractivity contribution in [2.75, 3.05) is 16.9 Å². The van der Waals surface area contributed by atoms with Crippen LogP contribution in [0.3, 0.4) is 0 Å². The zero-order valence-electron chi connectivity index (χ0n) is 18.1. The first-order chi connectivity index (χ1) is 14.8. The fraction of sp³-hybridized carbons (Fsp3) is 0.333. The summed E-state index contributed by atoms with van der Waals surface area (Å²) >= 11 is 0. The monoisotopic (exact) mass is 459 g/mol. The number of nitrogens with two attached hydrogens (primary N) is 1. The Bertz CT molecular complexity index is 1200. The molecule has 0 saturated heterocycles. The molecule has 2 rings (SSSR count). The molecular weight excluding hydrogens is 434 g/mol. The van der Waals surface area contributed by atoms with Gasteiger partial charge >= 0.3 is 5.97 Å². The number of nitriles is 1. The predicted molar refractivity (Wildman–Crippen MR) is 120 cm³/mol. The van der Waals surface area contributed by atoms with Gasteiger partial charge in [-0.1, -0.05) is 19.9 Å². The highest BCUT2D eigenvalue weighted by molar-refractivity contribution is 7.90. The number of pyridine rings is 1. The third kappa shape index (κ3) is 5.73. The minimum Gasteiger partial charge on any atom is -0.478 e. The summed E-state index contributed by atoms with van der Waals surface area (Å²) in [6.45, 7) is 5.34. The van der Waals surface area contributed by atoms with Crippen LogP contribution in [0, 0.1) is 24.2 Å². The number of anilines is 3. The lowest BCUT2D eigenvalue weighted by Crippen LogP contribution is -2.37. The molecule has 1 aromatic heterocycles. The summed E-state index contributed by atoms with van der Waals surface area (Å²) in [7, 11) is -3.50. The quantitative estimate of drug-likeness (QED) is 0.438. The summed E-state index contributed by atoms with van der Waals surface area (Å²) < 4.78 is 23.7. The number of hydrogen-bond donors (Lipinski definition) is 4. The van der Waals surface area contributed by atoms with Crippen molar-refractivity contribution in [1.29, 1.82) is 5.26 Å². The highest BCUT2D eigenvalue weighted by atomic mass is 32.2. The zero-order valence-corrected chi connectivity index (χ0v) is 18.9. The van der Waals surface area contributed by atoms with Crippen LogP contribution in [0.15, 0.2) is 29.2 Å². The number of sulfone groups is 1. The number of aromatic nitrogens is 1. The highest BCUT2D eigenvalue weighted by Crippen LogP contribution is 2.30. The number of benzene rings is 1. The second-order valence-electron chi connectivity index (χ2n) is 7.75. The molecule has 5 N–H and O–H groups in total. The molecule has 1 amide bonds. The number of hydrogen-bond acceptors (Lipinski definition) is 8. The third-order valence-electron chi connectivity index (χ3n) is 4.65. The second-order valence-corrected chi connectivity index (χ2v) is 9.77.